The number of halogens is 1. The van der Waals surface area contributed by atoms with Gasteiger partial charge >= 0.3 is 0 Å². The number of carbonyl (C=O) groups is 1. The zero-order chi connectivity index (χ0) is 18.1. The Morgan fingerprint density at radius 1 is 1.23 bits per heavy atom. The maximum absolute atomic E-state index is 13.1. The van der Waals surface area contributed by atoms with Crippen molar-refractivity contribution in [2.45, 2.75) is 43.5 Å². The second kappa shape index (κ2) is 8.25. The van der Waals surface area contributed by atoms with Crippen LogP contribution < -0.4 is 5.73 Å². The standard InChI is InChI=1S/C18H27N3O3S.ClH/c1-18(13-19)10-12-20(14-18)17(22)16-9-5-6-11-21(16)25(23,24)15-7-3-2-4-8-15;/h2-4,7-8,16H,5-6,9-14,19H2,1H3;1H. The summed E-state index contributed by atoms with van der Waals surface area (Å²) in [4.78, 5) is 15.1. The van der Waals surface area contributed by atoms with Crippen molar-refractivity contribution in [1.82, 2.24) is 9.21 Å². The van der Waals surface area contributed by atoms with Gasteiger partial charge in [0.25, 0.3) is 0 Å². The van der Waals surface area contributed by atoms with Gasteiger partial charge in [0.15, 0.2) is 0 Å². The van der Waals surface area contributed by atoms with Gasteiger partial charge in [-0.25, -0.2) is 8.42 Å². The lowest BCUT2D eigenvalue weighted by atomic mass is 9.90. The molecule has 3 rings (SSSR count). The van der Waals surface area contributed by atoms with Crippen molar-refractivity contribution in [3.05, 3.63) is 30.3 Å². The van der Waals surface area contributed by atoms with Crippen LogP contribution in [0.4, 0.5) is 0 Å². The molecule has 2 heterocycles. The van der Waals surface area contributed by atoms with E-state index in [1.807, 2.05) is 0 Å². The van der Waals surface area contributed by atoms with Gasteiger partial charge in [-0.05, 0) is 43.4 Å². The van der Waals surface area contributed by atoms with Gasteiger partial charge in [-0.1, -0.05) is 31.5 Å². The lowest BCUT2D eigenvalue weighted by Crippen LogP contribution is -2.52. The summed E-state index contributed by atoms with van der Waals surface area (Å²) in [5, 5.41) is 0. The molecule has 0 bridgehead atoms. The number of piperidine rings is 1. The molecular weight excluding hydrogens is 374 g/mol. The predicted molar refractivity (Wildman–Crippen MR) is 104 cm³/mol. The number of hydrogen-bond acceptors (Lipinski definition) is 4. The van der Waals surface area contributed by atoms with Crippen molar-refractivity contribution in [2.24, 2.45) is 11.1 Å². The summed E-state index contributed by atoms with van der Waals surface area (Å²) in [5.41, 5.74) is 5.78. The second-order valence-corrected chi connectivity index (χ2v) is 9.36. The normalized spacial score (nSPS) is 27.2. The lowest BCUT2D eigenvalue weighted by Gasteiger charge is -2.36. The van der Waals surface area contributed by atoms with Gasteiger partial charge in [-0.15, -0.1) is 12.4 Å². The molecule has 1 aromatic carbocycles. The maximum atomic E-state index is 13.1. The van der Waals surface area contributed by atoms with Gasteiger partial charge in [-0.3, -0.25) is 4.79 Å². The first kappa shape index (κ1) is 21.2. The molecule has 2 unspecified atom stereocenters. The fraction of sp³-hybridized carbons (Fsp3) is 0.611. The summed E-state index contributed by atoms with van der Waals surface area (Å²) in [7, 11) is -3.66. The van der Waals surface area contributed by atoms with Crippen molar-refractivity contribution in [3.63, 3.8) is 0 Å². The average Bonchev–Trinajstić information content (AvgIpc) is 3.05. The monoisotopic (exact) mass is 401 g/mol. The summed E-state index contributed by atoms with van der Waals surface area (Å²) in [6.45, 7) is 4.28. The second-order valence-electron chi connectivity index (χ2n) is 7.46. The SMILES string of the molecule is CC1(CN)CCN(C(=O)C2CCCCN2S(=O)(=O)c2ccccc2)C1.Cl. The highest BCUT2D eigenvalue weighted by atomic mass is 35.5. The summed E-state index contributed by atoms with van der Waals surface area (Å²) < 4.78 is 27.5. The maximum Gasteiger partial charge on any atom is 0.243 e. The van der Waals surface area contributed by atoms with Crippen LogP contribution in [0.3, 0.4) is 0 Å². The zero-order valence-electron chi connectivity index (χ0n) is 15.1. The van der Waals surface area contributed by atoms with Crippen LogP contribution in [0.15, 0.2) is 35.2 Å². The smallest absolute Gasteiger partial charge is 0.243 e. The van der Waals surface area contributed by atoms with Crippen molar-refractivity contribution in [1.29, 1.82) is 0 Å². The number of rotatable bonds is 4. The molecule has 0 radical (unpaired) electrons. The summed E-state index contributed by atoms with van der Waals surface area (Å²) in [6.07, 6.45) is 3.11. The Morgan fingerprint density at radius 2 is 1.92 bits per heavy atom. The van der Waals surface area contributed by atoms with E-state index in [-0.39, 0.29) is 28.6 Å². The van der Waals surface area contributed by atoms with E-state index >= 15 is 0 Å². The molecule has 26 heavy (non-hydrogen) atoms. The van der Waals surface area contributed by atoms with Crippen LogP contribution in [0.5, 0.6) is 0 Å². The van der Waals surface area contributed by atoms with E-state index in [0.717, 1.165) is 19.3 Å². The first-order chi connectivity index (χ1) is 11.9. The number of carbonyl (C=O) groups excluding carboxylic acids is 1. The third-order valence-electron chi connectivity index (χ3n) is 5.45. The Kier molecular flexibility index (Phi) is 6.71. The molecule has 0 aromatic heterocycles. The van der Waals surface area contributed by atoms with Crippen molar-refractivity contribution in [3.8, 4) is 0 Å². The van der Waals surface area contributed by atoms with Crippen LogP contribution in [-0.2, 0) is 14.8 Å². The molecule has 0 spiro atoms. The highest BCUT2D eigenvalue weighted by Gasteiger charge is 2.42. The number of amides is 1. The van der Waals surface area contributed by atoms with E-state index < -0.39 is 16.1 Å². The van der Waals surface area contributed by atoms with E-state index in [1.165, 1.54) is 4.31 Å². The Morgan fingerprint density at radius 3 is 2.54 bits per heavy atom. The van der Waals surface area contributed by atoms with E-state index in [9.17, 15) is 13.2 Å². The minimum absolute atomic E-state index is 0. The Bertz CT molecular complexity index is 728. The van der Waals surface area contributed by atoms with Crippen LogP contribution in [0.2, 0.25) is 0 Å². The topological polar surface area (TPSA) is 83.7 Å². The molecule has 2 atom stereocenters. The van der Waals surface area contributed by atoms with Gasteiger partial charge in [0.05, 0.1) is 4.90 Å². The van der Waals surface area contributed by atoms with Gasteiger partial charge in [0.1, 0.15) is 6.04 Å². The molecule has 1 aromatic rings. The van der Waals surface area contributed by atoms with Crippen molar-refractivity contribution in [2.75, 3.05) is 26.2 Å². The van der Waals surface area contributed by atoms with E-state index in [1.54, 1.807) is 35.2 Å². The number of nitrogens with two attached hydrogens (primary N) is 1. The molecule has 2 N–H and O–H groups in total. The molecule has 8 heteroatoms. The predicted octanol–water partition coefficient (Wildman–Crippen LogP) is 1.85. The highest BCUT2D eigenvalue weighted by Crippen LogP contribution is 2.32. The molecule has 146 valence electrons. The molecular formula is C18H28ClN3O3S. The lowest BCUT2D eigenvalue weighted by molar-refractivity contribution is -0.135. The van der Waals surface area contributed by atoms with Gasteiger partial charge in [-0.2, -0.15) is 4.31 Å². The van der Waals surface area contributed by atoms with Gasteiger partial charge < -0.3 is 10.6 Å². The molecule has 0 aliphatic carbocycles. The van der Waals surface area contributed by atoms with E-state index in [2.05, 4.69) is 6.92 Å². The Hall–Kier alpha value is -1.15. The third-order valence-corrected chi connectivity index (χ3v) is 7.37. The molecule has 2 aliphatic heterocycles. The number of sulfonamides is 1. The number of hydrogen-bond donors (Lipinski definition) is 1. The van der Waals surface area contributed by atoms with Gasteiger partial charge in [0.2, 0.25) is 15.9 Å². The first-order valence-electron chi connectivity index (χ1n) is 8.93. The van der Waals surface area contributed by atoms with Crippen LogP contribution in [0.25, 0.3) is 0 Å². The Labute approximate surface area is 162 Å². The first-order valence-corrected chi connectivity index (χ1v) is 10.4. The van der Waals surface area contributed by atoms with Crippen molar-refractivity contribution < 1.29 is 13.2 Å². The fourth-order valence-corrected chi connectivity index (χ4v) is 5.43. The number of nitrogens with zero attached hydrogens (tertiary/aromatic N) is 2. The van der Waals surface area contributed by atoms with Crippen LogP contribution in [-0.4, -0.2) is 55.8 Å². The molecule has 2 aliphatic rings. The minimum atomic E-state index is -3.66. The molecule has 2 fully saturated rings. The van der Waals surface area contributed by atoms with E-state index in [0.29, 0.717) is 32.6 Å². The van der Waals surface area contributed by atoms with Crippen LogP contribution >= 0.6 is 12.4 Å². The summed E-state index contributed by atoms with van der Waals surface area (Å²) >= 11 is 0. The quantitative estimate of drug-likeness (QED) is 0.834. The number of benzene rings is 1. The number of likely N-dealkylation sites (tertiary alicyclic amines) is 1. The highest BCUT2D eigenvalue weighted by molar-refractivity contribution is 7.89. The van der Waals surface area contributed by atoms with E-state index in [4.69, 9.17) is 5.73 Å². The third kappa shape index (κ3) is 4.06. The van der Waals surface area contributed by atoms with Gasteiger partial charge in [0, 0.05) is 19.6 Å². The summed E-state index contributed by atoms with van der Waals surface area (Å²) in [5.74, 6) is -0.0728. The molecule has 2 saturated heterocycles. The largest absolute Gasteiger partial charge is 0.341 e. The minimum Gasteiger partial charge on any atom is -0.341 e. The molecule has 1 amide bonds. The Balaban J connectivity index is 0.00000243. The average molecular weight is 402 g/mol. The fourth-order valence-electron chi connectivity index (χ4n) is 3.76. The molecule has 6 nitrogen and oxygen atoms in total. The zero-order valence-corrected chi connectivity index (χ0v) is 16.8. The molecule has 0 saturated carbocycles. The summed E-state index contributed by atoms with van der Waals surface area (Å²) in [6, 6.07) is 7.79. The van der Waals surface area contributed by atoms with Crippen LogP contribution in [0, 0.1) is 5.41 Å². The van der Waals surface area contributed by atoms with Crippen LogP contribution in [0.1, 0.15) is 32.6 Å². The van der Waals surface area contributed by atoms with Crippen molar-refractivity contribution >= 4 is 28.3 Å².